The number of benzene rings is 1. The van der Waals surface area contributed by atoms with Crippen LogP contribution >= 0.6 is 0 Å². The molecule has 1 aromatic rings. The number of carboxylic acids is 1. The molecule has 0 radical (unpaired) electrons. The van der Waals surface area contributed by atoms with Gasteiger partial charge in [-0.05, 0) is 37.6 Å². The summed E-state index contributed by atoms with van der Waals surface area (Å²) >= 11 is 0. The summed E-state index contributed by atoms with van der Waals surface area (Å²) in [5.41, 5.74) is 0.652. The average Bonchev–Trinajstić information content (AvgIpc) is 2.46. The molecule has 0 aliphatic heterocycles. The zero-order chi connectivity index (χ0) is 15.8. The molecule has 1 unspecified atom stereocenters. The number of hydrogen-bond donors (Lipinski definition) is 1. The molecule has 21 heavy (non-hydrogen) atoms. The van der Waals surface area contributed by atoms with E-state index in [1.807, 2.05) is 6.92 Å². The topological polar surface area (TPSA) is 82.1 Å². The lowest BCUT2D eigenvalue weighted by Crippen LogP contribution is -2.25. The third-order valence-corrected chi connectivity index (χ3v) is 2.52. The van der Waals surface area contributed by atoms with Crippen LogP contribution < -0.4 is 9.47 Å². The van der Waals surface area contributed by atoms with Crippen LogP contribution in [0.15, 0.2) is 24.3 Å². The molecule has 6 nitrogen and oxygen atoms in total. The second-order valence-corrected chi connectivity index (χ2v) is 4.09. The SMILES string of the molecule is CCOc1cc(C=CC(=O)O)ccc1OC(C)C(=O)OC. The third kappa shape index (κ3) is 5.18. The number of methoxy groups -OCH3 is 1. The predicted octanol–water partition coefficient (Wildman–Crippen LogP) is 2.12. The van der Waals surface area contributed by atoms with Gasteiger partial charge in [-0.15, -0.1) is 0 Å². The molecule has 1 rings (SSSR count). The van der Waals surface area contributed by atoms with E-state index in [2.05, 4.69) is 4.74 Å². The Bertz CT molecular complexity index is 535. The Hall–Kier alpha value is -2.50. The van der Waals surface area contributed by atoms with Gasteiger partial charge in [-0.3, -0.25) is 0 Å². The molecule has 0 aliphatic rings. The molecule has 0 spiro atoms. The summed E-state index contributed by atoms with van der Waals surface area (Å²) in [7, 11) is 1.28. The number of carboxylic acid groups (broad SMARTS) is 1. The van der Waals surface area contributed by atoms with Crippen molar-refractivity contribution in [3.8, 4) is 11.5 Å². The molecule has 0 amide bonds. The van der Waals surface area contributed by atoms with Crippen LogP contribution in [0.4, 0.5) is 0 Å². The lowest BCUT2D eigenvalue weighted by atomic mass is 10.2. The fourth-order valence-corrected chi connectivity index (χ4v) is 1.57. The Labute approximate surface area is 122 Å². The van der Waals surface area contributed by atoms with Gasteiger partial charge in [0.2, 0.25) is 0 Å². The lowest BCUT2D eigenvalue weighted by molar-refractivity contribution is -0.148. The van der Waals surface area contributed by atoms with E-state index in [9.17, 15) is 9.59 Å². The summed E-state index contributed by atoms with van der Waals surface area (Å²) in [6.45, 7) is 3.79. The molecule has 0 saturated carbocycles. The number of esters is 1. The summed E-state index contributed by atoms with van der Waals surface area (Å²) < 4.78 is 15.5. The van der Waals surface area contributed by atoms with E-state index in [1.165, 1.54) is 13.2 Å². The van der Waals surface area contributed by atoms with Crippen LogP contribution in [0.3, 0.4) is 0 Å². The van der Waals surface area contributed by atoms with E-state index >= 15 is 0 Å². The van der Waals surface area contributed by atoms with Crippen molar-refractivity contribution in [2.75, 3.05) is 13.7 Å². The molecule has 6 heteroatoms. The van der Waals surface area contributed by atoms with E-state index in [0.717, 1.165) is 6.08 Å². The van der Waals surface area contributed by atoms with Gasteiger partial charge in [-0.1, -0.05) is 6.07 Å². The average molecular weight is 294 g/mol. The van der Waals surface area contributed by atoms with Gasteiger partial charge < -0.3 is 19.3 Å². The first kappa shape index (κ1) is 16.6. The van der Waals surface area contributed by atoms with Gasteiger partial charge in [0.25, 0.3) is 0 Å². The van der Waals surface area contributed by atoms with Crippen molar-refractivity contribution in [1.82, 2.24) is 0 Å². The Morgan fingerprint density at radius 3 is 2.62 bits per heavy atom. The number of ether oxygens (including phenoxy) is 3. The molecule has 1 atom stereocenters. The number of aliphatic carboxylic acids is 1. The fourth-order valence-electron chi connectivity index (χ4n) is 1.57. The zero-order valence-corrected chi connectivity index (χ0v) is 12.2. The van der Waals surface area contributed by atoms with E-state index < -0.39 is 18.0 Å². The summed E-state index contributed by atoms with van der Waals surface area (Å²) in [6.07, 6.45) is 1.70. The number of carbonyl (C=O) groups is 2. The Morgan fingerprint density at radius 1 is 1.33 bits per heavy atom. The first-order chi connectivity index (χ1) is 9.97. The van der Waals surface area contributed by atoms with E-state index in [-0.39, 0.29) is 0 Å². The second kappa shape index (κ2) is 7.94. The summed E-state index contributed by atoms with van der Waals surface area (Å²) in [4.78, 5) is 21.9. The van der Waals surface area contributed by atoms with Crippen molar-refractivity contribution in [2.45, 2.75) is 20.0 Å². The Kier molecular flexibility index (Phi) is 6.26. The largest absolute Gasteiger partial charge is 0.490 e. The van der Waals surface area contributed by atoms with Crippen LogP contribution in [-0.4, -0.2) is 36.9 Å². The number of hydrogen-bond acceptors (Lipinski definition) is 5. The molecule has 1 aromatic carbocycles. The van der Waals surface area contributed by atoms with Gasteiger partial charge in [0.05, 0.1) is 13.7 Å². The molecule has 0 saturated heterocycles. The minimum absolute atomic E-state index is 0.391. The van der Waals surface area contributed by atoms with Crippen LogP contribution in [0.1, 0.15) is 19.4 Å². The van der Waals surface area contributed by atoms with Crippen molar-refractivity contribution >= 4 is 18.0 Å². The molecule has 114 valence electrons. The summed E-state index contributed by atoms with van der Waals surface area (Å²) in [6, 6.07) is 4.93. The maximum Gasteiger partial charge on any atom is 0.346 e. The quantitative estimate of drug-likeness (QED) is 0.612. The molecule has 1 N–H and O–H groups in total. The van der Waals surface area contributed by atoms with Crippen molar-refractivity contribution < 1.29 is 28.9 Å². The number of rotatable bonds is 7. The first-order valence-corrected chi connectivity index (χ1v) is 6.40. The van der Waals surface area contributed by atoms with E-state index in [1.54, 1.807) is 25.1 Å². The molecule has 0 bridgehead atoms. The smallest absolute Gasteiger partial charge is 0.346 e. The van der Waals surface area contributed by atoms with Crippen LogP contribution in [-0.2, 0) is 14.3 Å². The molecule has 0 heterocycles. The lowest BCUT2D eigenvalue weighted by Gasteiger charge is -2.16. The highest BCUT2D eigenvalue weighted by Gasteiger charge is 2.17. The van der Waals surface area contributed by atoms with E-state index in [4.69, 9.17) is 14.6 Å². The van der Waals surface area contributed by atoms with Crippen LogP contribution in [0, 0.1) is 0 Å². The molecular weight excluding hydrogens is 276 g/mol. The van der Waals surface area contributed by atoms with Gasteiger partial charge in [-0.2, -0.15) is 0 Å². The van der Waals surface area contributed by atoms with Crippen molar-refractivity contribution in [3.05, 3.63) is 29.8 Å². The maximum absolute atomic E-state index is 11.4. The summed E-state index contributed by atoms with van der Waals surface area (Å²) in [5, 5.41) is 8.62. The Balaban J connectivity index is 2.98. The van der Waals surface area contributed by atoms with Gasteiger partial charge in [0.15, 0.2) is 17.6 Å². The van der Waals surface area contributed by atoms with Gasteiger partial charge in [0, 0.05) is 6.08 Å². The summed E-state index contributed by atoms with van der Waals surface area (Å²) in [5.74, 6) is -0.706. The highest BCUT2D eigenvalue weighted by Crippen LogP contribution is 2.30. The zero-order valence-electron chi connectivity index (χ0n) is 12.2. The van der Waals surface area contributed by atoms with Crippen molar-refractivity contribution in [2.24, 2.45) is 0 Å². The van der Waals surface area contributed by atoms with Gasteiger partial charge >= 0.3 is 11.9 Å². The molecule has 0 fully saturated rings. The Morgan fingerprint density at radius 2 is 2.05 bits per heavy atom. The van der Waals surface area contributed by atoms with Crippen molar-refractivity contribution in [1.29, 1.82) is 0 Å². The maximum atomic E-state index is 11.4. The van der Waals surface area contributed by atoms with Crippen molar-refractivity contribution in [3.63, 3.8) is 0 Å². The standard InChI is InChI=1S/C15H18O6/c1-4-20-13-9-11(6-8-14(16)17)5-7-12(13)21-10(2)15(18)19-3/h5-10H,4H2,1-3H3,(H,16,17). The van der Waals surface area contributed by atoms with Crippen LogP contribution in [0.25, 0.3) is 6.08 Å². The highest BCUT2D eigenvalue weighted by molar-refractivity contribution is 5.85. The monoisotopic (exact) mass is 294 g/mol. The third-order valence-electron chi connectivity index (χ3n) is 2.52. The molecular formula is C15H18O6. The molecule has 0 aliphatic carbocycles. The minimum Gasteiger partial charge on any atom is -0.490 e. The second-order valence-electron chi connectivity index (χ2n) is 4.09. The van der Waals surface area contributed by atoms with Crippen LogP contribution in [0.2, 0.25) is 0 Å². The van der Waals surface area contributed by atoms with Gasteiger partial charge in [0.1, 0.15) is 0 Å². The fraction of sp³-hybridized carbons (Fsp3) is 0.333. The highest BCUT2D eigenvalue weighted by atomic mass is 16.6. The normalized spacial score (nSPS) is 12.0. The predicted molar refractivity (Wildman–Crippen MR) is 76.4 cm³/mol. The van der Waals surface area contributed by atoms with Gasteiger partial charge in [-0.25, -0.2) is 9.59 Å². The van der Waals surface area contributed by atoms with E-state index in [0.29, 0.717) is 23.7 Å². The first-order valence-electron chi connectivity index (χ1n) is 6.40. The van der Waals surface area contributed by atoms with Crippen LogP contribution in [0.5, 0.6) is 11.5 Å². The number of carbonyl (C=O) groups excluding carboxylic acids is 1. The molecule has 0 aromatic heterocycles. The minimum atomic E-state index is -1.03.